The van der Waals surface area contributed by atoms with E-state index in [1.165, 1.54) is 0 Å². The van der Waals surface area contributed by atoms with E-state index in [0.717, 1.165) is 18.4 Å². The second-order valence-electron chi connectivity index (χ2n) is 4.93. The van der Waals surface area contributed by atoms with Crippen LogP contribution in [0.3, 0.4) is 0 Å². The van der Waals surface area contributed by atoms with Gasteiger partial charge in [-0.3, -0.25) is 0 Å². The molecule has 1 aromatic rings. The molecule has 18 heavy (non-hydrogen) atoms. The summed E-state index contributed by atoms with van der Waals surface area (Å²) in [5.74, 6) is -0.226. The van der Waals surface area contributed by atoms with Gasteiger partial charge in [0.15, 0.2) is 9.84 Å². The first-order valence-corrected chi connectivity index (χ1v) is 7.83. The maximum atomic E-state index is 12.1. The summed E-state index contributed by atoms with van der Waals surface area (Å²) in [6.07, 6.45) is 1.39. The van der Waals surface area contributed by atoms with Gasteiger partial charge in [0, 0.05) is 12.6 Å². The summed E-state index contributed by atoms with van der Waals surface area (Å²) in [6, 6.07) is 7.25. The van der Waals surface area contributed by atoms with Crippen LogP contribution in [0.5, 0.6) is 0 Å². The summed E-state index contributed by atoms with van der Waals surface area (Å²) in [7, 11) is -3.40. The van der Waals surface area contributed by atoms with Crippen LogP contribution < -0.4 is 5.32 Å². The van der Waals surface area contributed by atoms with Crippen LogP contribution in [0.15, 0.2) is 29.2 Å². The first-order valence-electron chi connectivity index (χ1n) is 6.18. The van der Waals surface area contributed by atoms with Crippen LogP contribution in [0.25, 0.3) is 0 Å². The Labute approximate surface area is 108 Å². The molecule has 0 radical (unpaired) electrons. The van der Waals surface area contributed by atoms with Crippen molar-refractivity contribution in [2.24, 2.45) is 0 Å². The molecule has 0 heterocycles. The molecule has 2 rings (SSSR count). The first-order chi connectivity index (χ1) is 8.47. The van der Waals surface area contributed by atoms with Crippen molar-refractivity contribution in [3.05, 3.63) is 29.8 Å². The van der Waals surface area contributed by atoms with E-state index in [0.29, 0.717) is 12.6 Å². The van der Waals surface area contributed by atoms with Crippen molar-refractivity contribution >= 4 is 9.84 Å². The van der Waals surface area contributed by atoms with E-state index in [1.54, 1.807) is 18.2 Å². The van der Waals surface area contributed by atoms with Gasteiger partial charge < -0.3 is 10.4 Å². The third kappa shape index (κ3) is 3.80. The zero-order valence-electron chi connectivity index (χ0n) is 10.5. The second-order valence-corrected chi connectivity index (χ2v) is 6.97. The Hall–Kier alpha value is -0.910. The number of rotatable bonds is 6. The monoisotopic (exact) mass is 269 g/mol. The van der Waals surface area contributed by atoms with Gasteiger partial charge in [0.2, 0.25) is 0 Å². The quantitative estimate of drug-likeness (QED) is 0.804. The van der Waals surface area contributed by atoms with Crippen molar-refractivity contribution in [1.29, 1.82) is 0 Å². The van der Waals surface area contributed by atoms with Crippen molar-refractivity contribution in [3.63, 3.8) is 0 Å². The smallest absolute Gasteiger partial charge is 0.180 e. The SMILES string of the molecule is Cc1cccc(S(=O)(=O)CC(O)CNC2CC2)c1. The summed E-state index contributed by atoms with van der Waals surface area (Å²) >= 11 is 0. The molecular formula is C13H19NO3S. The predicted octanol–water partition coefficient (Wildman–Crippen LogP) is 0.882. The zero-order valence-corrected chi connectivity index (χ0v) is 11.3. The van der Waals surface area contributed by atoms with Gasteiger partial charge >= 0.3 is 0 Å². The molecule has 0 saturated heterocycles. The Morgan fingerprint density at radius 1 is 1.44 bits per heavy atom. The van der Waals surface area contributed by atoms with E-state index in [2.05, 4.69) is 5.32 Å². The molecule has 2 N–H and O–H groups in total. The largest absolute Gasteiger partial charge is 0.391 e. The highest BCUT2D eigenvalue weighted by molar-refractivity contribution is 7.91. The fourth-order valence-corrected chi connectivity index (χ4v) is 3.28. The number of sulfone groups is 1. The van der Waals surface area contributed by atoms with Crippen molar-refractivity contribution < 1.29 is 13.5 Å². The summed E-state index contributed by atoms with van der Waals surface area (Å²) in [4.78, 5) is 0.285. The summed E-state index contributed by atoms with van der Waals surface area (Å²) in [6.45, 7) is 2.19. The molecule has 0 aliphatic heterocycles. The number of benzene rings is 1. The lowest BCUT2D eigenvalue weighted by Gasteiger charge is -2.12. The highest BCUT2D eigenvalue weighted by Gasteiger charge is 2.24. The minimum absolute atomic E-state index is 0.226. The lowest BCUT2D eigenvalue weighted by molar-refractivity contribution is 0.193. The molecule has 1 aromatic carbocycles. The maximum Gasteiger partial charge on any atom is 0.180 e. The topological polar surface area (TPSA) is 66.4 Å². The van der Waals surface area contributed by atoms with Crippen molar-refractivity contribution in [3.8, 4) is 0 Å². The molecule has 4 nitrogen and oxygen atoms in total. The lowest BCUT2D eigenvalue weighted by atomic mass is 10.2. The number of aliphatic hydroxyl groups excluding tert-OH is 1. The number of aryl methyl sites for hydroxylation is 1. The van der Waals surface area contributed by atoms with E-state index >= 15 is 0 Å². The van der Waals surface area contributed by atoms with E-state index < -0.39 is 15.9 Å². The molecule has 1 saturated carbocycles. The van der Waals surface area contributed by atoms with Crippen LogP contribution in [-0.4, -0.2) is 38.0 Å². The van der Waals surface area contributed by atoms with Gasteiger partial charge in [0.25, 0.3) is 0 Å². The van der Waals surface area contributed by atoms with Crippen molar-refractivity contribution in [1.82, 2.24) is 5.32 Å². The molecule has 1 fully saturated rings. The number of hydrogen-bond acceptors (Lipinski definition) is 4. The summed E-state index contributed by atoms with van der Waals surface area (Å²) < 4.78 is 24.1. The first kappa shape index (κ1) is 13.5. The minimum atomic E-state index is -3.40. The van der Waals surface area contributed by atoms with Gasteiger partial charge in [-0.2, -0.15) is 0 Å². The average molecular weight is 269 g/mol. The van der Waals surface area contributed by atoms with Crippen LogP contribution in [-0.2, 0) is 9.84 Å². The molecule has 0 aromatic heterocycles. The Morgan fingerprint density at radius 3 is 2.78 bits per heavy atom. The Balaban J connectivity index is 1.97. The molecule has 1 atom stereocenters. The van der Waals surface area contributed by atoms with Gasteiger partial charge in [-0.15, -0.1) is 0 Å². The van der Waals surface area contributed by atoms with Crippen LogP contribution in [0.1, 0.15) is 18.4 Å². The molecule has 100 valence electrons. The Kier molecular flexibility index (Phi) is 4.04. The zero-order chi connectivity index (χ0) is 13.2. The fraction of sp³-hybridized carbons (Fsp3) is 0.538. The Morgan fingerprint density at radius 2 is 2.17 bits per heavy atom. The van der Waals surface area contributed by atoms with Gasteiger partial charge in [0.1, 0.15) is 0 Å². The van der Waals surface area contributed by atoms with Gasteiger partial charge in [0.05, 0.1) is 16.8 Å². The number of aliphatic hydroxyl groups is 1. The van der Waals surface area contributed by atoms with E-state index in [9.17, 15) is 13.5 Å². The third-order valence-corrected chi connectivity index (χ3v) is 4.78. The molecule has 5 heteroatoms. The fourth-order valence-electron chi connectivity index (χ4n) is 1.81. The van der Waals surface area contributed by atoms with E-state index in [4.69, 9.17) is 0 Å². The summed E-state index contributed by atoms with van der Waals surface area (Å²) in [5.41, 5.74) is 0.904. The average Bonchev–Trinajstić information content (AvgIpc) is 3.09. The van der Waals surface area contributed by atoms with E-state index in [-0.39, 0.29) is 10.6 Å². The molecule has 1 unspecified atom stereocenters. The lowest BCUT2D eigenvalue weighted by Crippen LogP contribution is -2.33. The standard InChI is InChI=1S/C13H19NO3S/c1-10-3-2-4-13(7-10)18(16,17)9-12(15)8-14-11-5-6-11/h2-4,7,11-12,14-15H,5-6,8-9H2,1H3. The third-order valence-electron chi connectivity index (χ3n) is 2.98. The van der Waals surface area contributed by atoms with Crippen LogP contribution >= 0.6 is 0 Å². The van der Waals surface area contributed by atoms with Crippen LogP contribution in [0, 0.1) is 6.92 Å². The molecule has 0 spiro atoms. The van der Waals surface area contributed by atoms with Crippen LogP contribution in [0.2, 0.25) is 0 Å². The highest BCUT2D eigenvalue weighted by Crippen LogP contribution is 2.19. The molecule has 0 amide bonds. The van der Waals surface area contributed by atoms with E-state index in [1.807, 2.05) is 13.0 Å². The highest BCUT2D eigenvalue weighted by atomic mass is 32.2. The Bertz CT molecular complexity index is 509. The van der Waals surface area contributed by atoms with Crippen LogP contribution in [0.4, 0.5) is 0 Å². The molecule has 0 bridgehead atoms. The minimum Gasteiger partial charge on any atom is -0.391 e. The van der Waals surface area contributed by atoms with Crippen molar-refractivity contribution in [2.45, 2.75) is 36.8 Å². The van der Waals surface area contributed by atoms with Crippen molar-refractivity contribution in [2.75, 3.05) is 12.3 Å². The molecular weight excluding hydrogens is 250 g/mol. The predicted molar refractivity (Wildman–Crippen MR) is 70.3 cm³/mol. The second kappa shape index (κ2) is 5.38. The number of nitrogens with one attached hydrogen (secondary N) is 1. The molecule has 1 aliphatic carbocycles. The van der Waals surface area contributed by atoms with Gasteiger partial charge in [-0.05, 0) is 37.5 Å². The number of hydrogen-bond donors (Lipinski definition) is 2. The van der Waals surface area contributed by atoms with Gasteiger partial charge in [-0.1, -0.05) is 12.1 Å². The maximum absolute atomic E-state index is 12.1. The molecule has 1 aliphatic rings. The van der Waals surface area contributed by atoms with Gasteiger partial charge in [-0.25, -0.2) is 8.42 Å². The summed E-state index contributed by atoms with van der Waals surface area (Å²) in [5, 5.41) is 12.9. The normalized spacial score (nSPS) is 17.7.